The van der Waals surface area contributed by atoms with Crippen molar-refractivity contribution in [2.45, 2.75) is 49.9 Å². The van der Waals surface area contributed by atoms with Crippen molar-refractivity contribution in [2.75, 3.05) is 6.54 Å². The first kappa shape index (κ1) is 29.3. The minimum absolute atomic E-state index is 0.0259. The highest BCUT2D eigenvalue weighted by molar-refractivity contribution is 5.98. The zero-order chi connectivity index (χ0) is 30.4. The average molecular weight is 589 g/mol. The molecule has 0 bridgehead atoms. The molecular formula is C31H23F7N2O2. The number of carbonyl (C=O) groups is 1. The number of alkyl halides is 6. The van der Waals surface area contributed by atoms with E-state index in [2.05, 4.69) is 0 Å². The van der Waals surface area contributed by atoms with E-state index in [9.17, 15) is 35.5 Å². The van der Waals surface area contributed by atoms with Gasteiger partial charge in [0.1, 0.15) is 5.82 Å². The fourth-order valence-corrected chi connectivity index (χ4v) is 5.66. The Morgan fingerprint density at radius 2 is 1.52 bits per heavy atom. The molecule has 0 N–H and O–H groups in total. The molecule has 4 nitrogen and oxygen atoms in total. The van der Waals surface area contributed by atoms with E-state index in [1.165, 1.54) is 37.3 Å². The van der Waals surface area contributed by atoms with Crippen LogP contribution in [-0.4, -0.2) is 29.5 Å². The highest BCUT2D eigenvalue weighted by atomic mass is 19.4. The standard InChI is InChI=1S/C31H23F7N2O2/c1-17(21-10-23(30(33,34)35)14-24(11-21)31(36,37)38)42-27-16-40-26(29(27)20-6-8-25(32)9-7-20)12-22(13-28(40)41)19-4-2-18(15-39)3-5-19/h2-11,13-14,17,26-27,29H,12,16H2,1H3/t17-,26?,27+,29+/m1/s1. The summed E-state index contributed by atoms with van der Waals surface area (Å²) in [6.07, 6.45) is -10.2. The van der Waals surface area contributed by atoms with Crippen LogP contribution in [0.1, 0.15) is 58.7 Å². The molecule has 2 heterocycles. The van der Waals surface area contributed by atoms with Crippen molar-refractivity contribution in [3.63, 3.8) is 0 Å². The van der Waals surface area contributed by atoms with Gasteiger partial charge in [-0.25, -0.2) is 4.39 Å². The third-order valence-corrected chi connectivity index (χ3v) is 7.70. The third-order valence-electron chi connectivity index (χ3n) is 7.70. The van der Waals surface area contributed by atoms with E-state index in [0.717, 1.165) is 5.56 Å². The number of rotatable bonds is 5. The average Bonchev–Trinajstić information content (AvgIpc) is 3.30. The van der Waals surface area contributed by atoms with E-state index >= 15 is 0 Å². The molecule has 0 saturated carbocycles. The first-order valence-corrected chi connectivity index (χ1v) is 13.0. The SMILES string of the molecule is C[C@@H](O[C@H]1CN2C(=O)C=C(c3ccc(C#N)cc3)CC2[C@@H]1c1ccc(F)cc1)c1cc(C(F)(F)F)cc(C(F)(F)F)c1. The van der Waals surface area contributed by atoms with Gasteiger partial charge in [-0.3, -0.25) is 4.79 Å². The summed E-state index contributed by atoms with van der Waals surface area (Å²) in [6.45, 7) is 1.38. The third kappa shape index (κ3) is 5.90. The van der Waals surface area contributed by atoms with Crippen molar-refractivity contribution in [2.24, 2.45) is 0 Å². The van der Waals surface area contributed by atoms with Gasteiger partial charge in [0.15, 0.2) is 0 Å². The van der Waals surface area contributed by atoms with Gasteiger partial charge in [0.05, 0.1) is 35.0 Å². The summed E-state index contributed by atoms with van der Waals surface area (Å²) in [5.74, 6) is -1.40. The van der Waals surface area contributed by atoms with Gasteiger partial charge in [-0.15, -0.1) is 0 Å². The summed E-state index contributed by atoms with van der Waals surface area (Å²) < 4.78 is 101. The molecule has 4 atom stereocenters. The summed E-state index contributed by atoms with van der Waals surface area (Å²) >= 11 is 0. The van der Waals surface area contributed by atoms with Crippen molar-refractivity contribution < 1.29 is 40.3 Å². The number of carbonyl (C=O) groups excluding carboxylic acids is 1. The van der Waals surface area contributed by atoms with Crippen LogP contribution in [0, 0.1) is 17.1 Å². The molecular weight excluding hydrogens is 565 g/mol. The maximum Gasteiger partial charge on any atom is 0.416 e. The summed E-state index contributed by atoms with van der Waals surface area (Å²) in [5.41, 5.74) is -0.752. The lowest BCUT2D eigenvalue weighted by Gasteiger charge is -2.33. The van der Waals surface area contributed by atoms with Gasteiger partial charge in [0.25, 0.3) is 0 Å². The number of hydrogen-bond donors (Lipinski definition) is 0. The first-order chi connectivity index (χ1) is 19.7. The Balaban J connectivity index is 1.49. The Labute approximate surface area is 236 Å². The largest absolute Gasteiger partial charge is 0.416 e. The molecule has 3 aromatic rings. The van der Waals surface area contributed by atoms with Crippen molar-refractivity contribution in [1.29, 1.82) is 5.26 Å². The number of ether oxygens (including phenoxy) is 1. The van der Waals surface area contributed by atoms with E-state index in [4.69, 9.17) is 10.00 Å². The molecule has 0 spiro atoms. The van der Waals surface area contributed by atoms with Crippen molar-refractivity contribution in [1.82, 2.24) is 4.90 Å². The monoisotopic (exact) mass is 588 g/mol. The normalized spacial score (nSPS) is 21.5. The first-order valence-electron chi connectivity index (χ1n) is 13.0. The molecule has 2 aliphatic rings. The molecule has 218 valence electrons. The predicted octanol–water partition coefficient (Wildman–Crippen LogP) is 7.66. The summed E-state index contributed by atoms with van der Waals surface area (Å²) in [6, 6.07) is 15.1. The fourth-order valence-electron chi connectivity index (χ4n) is 5.66. The van der Waals surface area contributed by atoms with Crippen LogP contribution >= 0.6 is 0 Å². The van der Waals surface area contributed by atoms with Gasteiger partial charge in [-0.05, 0) is 78.1 Å². The maximum atomic E-state index is 13.8. The second-order valence-electron chi connectivity index (χ2n) is 10.4. The lowest BCUT2D eigenvalue weighted by molar-refractivity contribution is -0.143. The molecule has 5 rings (SSSR count). The Morgan fingerprint density at radius 3 is 2.07 bits per heavy atom. The van der Waals surface area contributed by atoms with Gasteiger partial charge >= 0.3 is 12.4 Å². The van der Waals surface area contributed by atoms with Gasteiger partial charge in [0, 0.05) is 24.6 Å². The van der Waals surface area contributed by atoms with Crippen LogP contribution in [0.15, 0.2) is 72.8 Å². The number of hydrogen-bond acceptors (Lipinski definition) is 3. The van der Waals surface area contributed by atoms with Crippen molar-refractivity contribution in [3.8, 4) is 6.07 Å². The Kier molecular flexibility index (Phi) is 7.62. The number of nitrogens with zero attached hydrogens (tertiary/aromatic N) is 2. The van der Waals surface area contributed by atoms with Gasteiger partial charge in [-0.2, -0.15) is 31.6 Å². The highest BCUT2D eigenvalue weighted by Gasteiger charge is 2.48. The van der Waals surface area contributed by atoms with Gasteiger partial charge in [0.2, 0.25) is 5.91 Å². The second-order valence-corrected chi connectivity index (χ2v) is 10.4. The molecule has 2 aliphatic heterocycles. The number of halogens is 7. The van der Waals surface area contributed by atoms with Crippen molar-refractivity contribution in [3.05, 3.63) is 112 Å². The molecule has 0 aliphatic carbocycles. The van der Waals surface area contributed by atoms with Gasteiger partial charge < -0.3 is 9.64 Å². The van der Waals surface area contributed by atoms with E-state index in [1.54, 1.807) is 29.2 Å². The van der Waals surface area contributed by atoms with Crippen LogP contribution in [0.5, 0.6) is 0 Å². The molecule has 11 heteroatoms. The summed E-state index contributed by atoms with van der Waals surface area (Å²) in [5, 5.41) is 9.10. The molecule has 1 unspecified atom stereocenters. The smallest absolute Gasteiger partial charge is 0.368 e. The summed E-state index contributed by atoms with van der Waals surface area (Å²) in [4.78, 5) is 14.8. The molecule has 1 fully saturated rings. The Hall–Kier alpha value is -4.17. The highest BCUT2D eigenvalue weighted by Crippen LogP contribution is 2.45. The lowest BCUT2D eigenvalue weighted by atomic mass is 9.83. The van der Waals surface area contributed by atoms with E-state index in [0.29, 0.717) is 35.3 Å². The van der Waals surface area contributed by atoms with Crippen LogP contribution in [0.3, 0.4) is 0 Å². The van der Waals surface area contributed by atoms with E-state index < -0.39 is 53.5 Å². The predicted molar refractivity (Wildman–Crippen MR) is 138 cm³/mol. The molecule has 1 amide bonds. The zero-order valence-corrected chi connectivity index (χ0v) is 22.0. The van der Waals surface area contributed by atoms with Crippen LogP contribution in [0.25, 0.3) is 5.57 Å². The van der Waals surface area contributed by atoms with Crippen LogP contribution in [0.4, 0.5) is 30.7 Å². The Morgan fingerprint density at radius 1 is 0.929 bits per heavy atom. The molecule has 0 aromatic heterocycles. The van der Waals surface area contributed by atoms with E-state index in [-0.39, 0.29) is 24.1 Å². The topological polar surface area (TPSA) is 53.3 Å². The molecule has 42 heavy (non-hydrogen) atoms. The molecule has 0 radical (unpaired) electrons. The minimum Gasteiger partial charge on any atom is -0.368 e. The number of benzene rings is 3. The minimum atomic E-state index is -5.01. The number of amides is 1. The van der Waals surface area contributed by atoms with Crippen LogP contribution in [0.2, 0.25) is 0 Å². The van der Waals surface area contributed by atoms with E-state index in [1.807, 2.05) is 6.07 Å². The van der Waals surface area contributed by atoms with Crippen molar-refractivity contribution >= 4 is 11.5 Å². The number of fused-ring (bicyclic) bond motifs is 1. The lowest BCUT2D eigenvalue weighted by Crippen LogP contribution is -2.39. The maximum absolute atomic E-state index is 13.8. The fraction of sp³-hybridized carbons (Fsp3) is 0.290. The quantitative estimate of drug-likeness (QED) is 0.288. The van der Waals surface area contributed by atoms with Gasteiger partial charge in [-0.1, -0.05) is 24.3 Å². The molecule has 3 aromatic carbocycles. The summed E-state index contributed by atoms with van der Waals surface area (Å²) in [7, 11) is 0. The van der Waals surface area contributed by atoms with Crippen LogP contribution < -0.4 is 0 Å². The molecule has 1 saturated heterocycles. The zero-order valence-electron chi connectivity index (χ0n) is 22.0. The number of nitriles is 1. The second kappa shape index (κ2) is 10.9. The van der Waals surface area contributed by atoms with Crippen LogP contribution in [-0.2, 0) is 21.9 Å². The Bertz CT molecular complexity index is 1520.